The van der Waals surface area contributed by atoms with E-state index in [1.807, 2.05) is 0 Å². The molecule has 0 unspecified atom stereocenters. The van der Waals surface area contributed by atoms with Crippen LogP contribution in [0.15, 0.2) is 6.20 Å². The van der Waals surface area contributed by atoms with Crippen LogP contribution in [0.2, 0.25) is 0 Å². The monoisotopic (exact) mass is 247 g/mol. The Morgan fingerprint density at radius 1 is 1.56 bits per heavy atom. The lowest BCUT2D eigenvalue weighted by atomic mass is 10.2. The number of imidazole rings is 1. The molecule has 4 heteroatoms. The summed E-state index contributed by atoms with van der Waals surface area (Å²) < 4.78 is 2.27. The molecule has 0 spiro atoms. The van der Waals surface area contributed by atoms with Gasteiger partial charge in [0.1, 0.15) is 5.82 Å². The average molecular weight is 247 g/mol. The highest BCUT2D eigenvalue weighted by Crippen LogP contribution is 2.37. The predicted octanol–water partition coefficient (Wildman–Crippen LogP) is 1.53. The van der Waals surface area contributed by atoms with Gasteiger partial charge >= 0.3 is 0 Å². The van der Waals surface area contributed by atoms with Crippen molar-refractivity contribution in [3.8, 4) is 0 Å². The largest absolute Gasteiger partial charge is 0.355 e. The van der Waals surface area contributed by atoms with Gasteiger partial charge in [0.2, 0.25) is 5.91 Å². The third-order valence-electron chi connectivity index (χ3n) is 4.09. The Hall–Kier alpha value is -1.32. The van der Waals surface area contributed by atoms with E-state index in [9.17, 15) is 4.79 Å². The topological polar surface area (TPSA) is 46.9 Å². The van der Waals surface area contributed by atoms with Gasteiger partial charge in [-0.2, -0.15) is 0 Å². The molecule has 3 rings (SSSR count). The lowest BCUT2D eigenvalue weighted by Crippen LogP contribution is -2.27. The summed E-state index contributed by atoms with van der Waals surface area (Å²) in [6, 6.07) is 0. The molecule has 0 radical (unpaired) electrons. The van der Waals surface area contributed by atoms with Crippen molar-refractivity contribution in [3.05, 3.63) is 17.7 Å². The zero-order valence-electron chi connectivity index (χ0n) is 11.0. The third-order valence-corrected chi connectivity index (χ3v) is 4.09. The molecule has 0 saturated heterocycles. The first kappa shape index (κ1) is 11.8. The Morgan fingerprint density at radius 3 is 3.11 bits per heavy atom. The Morgan fingerprint density at radius 2 is 2.39 bits per heavy atom. The fraction of sp³-hybridized carbons (Fsp3) is 0.714. The minimum absolute atomic E-state index is 0.228. The van der Waals surface area contributed by atoms with Crippen molar-refractivity contribution in [1.29, 1.82) is 0 Å². The van der Waals surface area contributed by atoms with Crippen molar-refractivity contribution < 1.29 is 4.79 Å². The molecule has 2 aliphatic rings. The summed E-state index contributed by atoms with van der Waals surface area (Å²) in [6.07, 6.45) is 7.69. The first-order valence-corrected chi connectivity index (χ1v) is 7.06. The Balaban J connectivity index is 1.48. The van der Waals surface area contributed by atoms with Gasteiger partial charge in [0.05, 0.1) is 5.69 Å². The standard InChI is InChI=1S/C14H21N3O/c1-10-8-12(10)14(18)15-6-5-11-9-17-7-3-2-4-13(17)16-11/h9-10,12H,2-8H2,1H3,(H,15,18)/t10-,12-/m1/s1. The van der Waals surface area contributed by atoms with Crippen LogP contribution in [0.3, 0.4) is 0 Å². The molecular formula is C14H21N3O. The minimum atomic E-state index is 0.228. The van der Waals surface area contributed by atoms with Crippen LogP contribution in [0.1, 0.15) is 37.7 Å². The van der Waals surface area contributed by atoms with Crippen LogP contribution < -0.4 is 5.32 Å². The number of carbonyl (C=O) groups is 1. The molecule has 2 heterocycles. The Bertz CT molecular complexity index is 428. The second kappa shape index (κ2) is 4.75. The molecule has 1 aromatic heterocycles. The maximum absolute atomic E-state index is 11.7. The van der Waals surface area contributed by atoms with Crippen molar-refractivity contribution in [2.75, 3.05) is 6.54 Å². The molecule has 1 amide bonds. The number of hydrogen-bond acceptors (Lipinski definition) is 2. The van der Waals surface area contributed by atoms with E-state index in [0.717, 1.165) is 38.0 Å². The van der Waals surface area contributed by atoms with Crippen LogP contribution in [0, 0.1) is 11.8 Å². The molecule has 18 heavy (non-hydrogen) atoms. The van der Waals surface area contributed by atoms with Gasteiger partial charge in [-0.25, -0.2) is 4.98 Å². The minimum Gasteiger partial charge on any atom is -0.355 e. The Labute approximate surface area is 108 Å². The molecule has 0 bridgehead atoms. The van der Waals surface area contributed by atoms with E-state index in [1.54, 1.807) is 0 Å². The maximum atomic E-state index is 11.7. The Kier molecular flexibility index (Phi) is 3.10. The number of aromatic nitrogens is 2. The number of carbonyl (C=O) groups excluding carboxylic acids is 1. The van der Waals surface area contributed by atoms with E-state index < -0.39 is 0 Å². The summed E-state index contributed by atoms with van der Waals surface area (Å²) in [5, 5.41) is 3.02. The van der Waals surface area contributed by atoms with Crippen molar-refractivity contribution in [3.63, 3.8) is 0 Å². The van der Waals surface area contributed by atoms with Crippen LogP contribution >= 0.6 is 0 Å². The summed E-state index contributed by atoms with van der Waals surface area (Å²) in [6.45, 7) is 3.96. The van der Waals surface area contributed by atoms with Crippen LogP contribution in [0.4, 0.5) is 0 Å². The van der Waals surface area contributed by atoms with Gasteiger partial charge in [0.25, 0.3) is 0 Å². The predicted molar refractivity (Wildman–Crippen MR) is 69.1 cm³/mol. The van der Waals surface area contributed by atoms with Crippen molar-refractivity contribution >= 4 is 5.91 Å². The van der Waals surface area contributed by atoms with Crippen molar-refractivity contribution in [2.45, 2.75) is 45.6 Å². The number of nitrogens with zero attached hydrogens (tertiary/aromatic N) is 2. The third kappa shape index (κ3) is 2.42. The fourth-order valence-electron chi connectivity index (χ4n) is 2.72. The van der Waals surface area contributed by atoms with Crippen LogP contribution in [-0.2, 0) is 24.2 Å². The molecule has 1 aliphatic heterocycles. The van der Waals surface area contributed by atoms with E-state index >= 15 is 0 Å². The average Bonchev–Trinajstić information content (AvgIpc) is 2.95. The fourth-order valence-corrected chi connectivity index (χ4v) is 2.72. The van der Waals surface area contributed by atoms with Gasteiger partial charge in [0, 0.05) is 38.0 Å². The highest BCUT2D eigenvalue weighted by atomic mass is 16.2. The number of rotatable bonds is 4. The lowest BCUT2D eigenvalue weighted by Gasteiger charge is -2.11. The maximum Gasteiger partial charge on any atom is 0.223 e. The molecule has 1 N–H and O–H groups in total. The molecule has 98 valence electrons. The lowest BCUT2D eigenvalue weighted by molar-refractivity contribution is -0.122. The number of hydrogen-bond donors (Lipinski definition) is 1. The molecule has 2 atom stereocenters. The van der Waals surface area contributed by atoms with Gasteiger partial charge in [-0.3, -0.25) is 4.79 Å². The van der Waals surface area contributed by atoms with Crippen LogP contribution in [0.5, 0.6) is 0 Å². The van der Waals surface area contributed by atoms with Gasteiger partial charge in [-0.05, 0) is 25.2 Å². The highest BCUT2D eigenvalue weighted by molar-refractivity contribution is 5.81. The molecule has 0 aromatic carbocycles. The zero-order valence-corrected chi connectivity index (χ0v) is 11.0. The van der Waals surface area contributed by atoms with Gasteiger partial charge in [0.15, 0.2) is 0 Å². The number of fused-ring (bicyclic) bond motifs is 1. The van der Waals surface area contributed by atoms with E-state index in [1.165, 1.54) is 18.7 Å². The SMILES string of the molecule is C[C@@H]1C[C@H]1C(=O)NCCc1cn2c(n1)CCCC2. The number of amides is 1. The quantitative estimate of drug-likeness (QED) is 0.877. The molecular weight excluding hydrogens is 226 g/mol. The first-order valence-electron chi connectivity index (χ1n) is 7.06. The van der Waals surface area contributed by atoms with Gasteiger partial charge in [-0.15, -0.1) is 0 Å². The first-order chi connectivity index (χ1) is 8.74. The normalized spacial score (nSPS) is 25.6. The number of nitrogens with one attached hydrogen (secondary N) is 1. The molecule has 1 aliphatic carbocycles. The molecule has 4 nitrogen and oxygen atoms in total. The van der Waals surface area contributed by atoms with E-state index in [2.05, 4.69) is 28.0 Å². The van der Waals surface area contributed by atoms with Crippen LogP contribution in [0.25, 0.3) is 0 Å². The summed E-state index contributed by atoms with van der Waals surface area (Å²) in [4.78, 5) is 16.3. The van der Waals surface area contributed by atoms with E-state index in [-0.39, 0.29) is 11.8 Å². The molecule has 1 aromatic rings. The molecule has 1 saturated carbocycles. The summed E-state index contributed by atoms with van der Waals surface area (Å²) in [5.41, 5.74) is 1.12. The second-order valence-corrected chi connectivity index (χ2v) is 5.66. The van der Waals surface area contributed by atoms with Gasteiger partial charge in [-0.1, -0.05) is 6.92 Å². The summed E-state index contributed by atoms with van der Waals surface area (Å²) in [5.74, 6) is 2.31. The number of aryl methyl sites for hydroxylation is 2. The van der Waals surface area contributed by atoms with Crippen molar-refractivity contribution in [2.24, 2.45) is 11.8 Å². The second-order valence-electron chi connectivity index (χ2n) is 5.66. The van der Waals surface area contributed by atoms with E-state index in [0.29, 0.717) is 5.92 Å². The van der Waals surface area contributed by atoms with E-state index in [4.69, 9.17) is 0 Å². The zero-order chi connectivity index (χ0) is 12.5. The van der Waals surface area contributed by atoms with Crippen molar-refractivity contribution in [1.82, 2.24) is 14.9 Å². The van der Waals surface area contributed by atoms with Crippen LogP contribution in [-0.4, -0.2) is 22.0 Å². The smallest absolute Gasteiger partial charge is 0.223 e. The highest BCUT2D eigenvalue weighted by Gasteiger charge is 2.38. The van der Waals surface area contributed by atoms with Gasteiger partial charge < -0.3 is 9.88 Å². The summed E-state index contributed by atoms with van der Waals surface area (Å²) >= 11 is 0. The molecule has 1 fully saturated rings. The summed E-state index contributed by atoms with van der Waals surface area (Å²) in [7, 11) is 0.